The SMILES string of the molecule is C[C@@H]1C/C(=C\c2ccc(Cl)cc2)C2=NN(C(=O)c3ccc4ncccc4c3)[C@@H](c3ccc(Cl)cc3)[C@@H]2C1. The quantitative estimate of drug-likeness (QED) is 0.270. The van der Waals surface area contributed by atoms with Gasteiger partial charge >= 0.3 is 0 Å². The summed E-state index contributed by atoms with van der Waals surface area (Å²) in [7, 11) is 0. The topological polar surface area (TPSA) is 45.6 Å². The van der Waals surface area contributed by atoms with Crippen molar-refractivity contribution in [3.05, 3.63) is 117 Å². The van der Waals surface area contributed by atoms with Gasteiger partial charge in [0.2, 0.25) is 0 Å². The molecule has 1 aliphatic carbocycles. The smallest absolute Gasteiger partial charge is 0.267 e. The highest BCUT2D eigenvalue weighted by molar-refractivity contribution is 6.30. The summed E-state index contributed by atoms with van der Waals surface area (Å²) in [6.45, 7) is 2.27. The lowest BCUT2D eigenvalue weighted by Gasteiger charge is -2.32. The highest BCUT2D eigenvalue weighted by atomic mass is 35.5. The standard InChI is InChI=1S/C31H25Cl2N3O/c1-19-15-24(17-20-4-9-25(32)10-5-20)29-27(16-19)30(21-6-11-26(33)12-7-21)36(35-29)31(37)23-8-13-28-22(18-23)3-2-14-34-28/h2-14,17-19,27,30H,15-16H2,1H3/b24-17+/t19-,27-,30+/m1/s1. The van der Waals surface area contributed by atoms with Gasteiger partial charge in [-0.15, -0.1) is 0 Å². The van der Waals surface area contributed by atoms with Gasteiger partial charge in [0.05, 0.1) is 17.3 Å². The second kappa shape index (κ2) is 9.77. The number of hydrogen-bond acceptors (Lipinski definition) is 3. The zero-order chi connectivity index (χ0) is 25.5. The maximum absolute atomic E-state index is 14.0. The molecule has 0 saturated heterocycles. The van der Waals surface area contributed by atoms with Crippen LogP contribution in [0.2, 0.25) is 10.0 Å². The van der Waals surface area contributed by atoms with Crippen molar-refractivity contribution >= 4 is 51.8 Å². The molecule has 0 bridgehead atoms. The van der Waals surface area contributed by atoms with E-state index in [1.54, 1.807) is 11.2 Å². The predicted octanol–water partition coefficient (Wildman–Crippen LogP) is 8.22. The van der Waals surface area contributed by atoms with Crippen LogP contribution in [0.3, 0.4) is 0 Å². The number of aromatic nitrogens is 1. The summed E-state index contributed by atoms with van der Waals surface area (Å²) in [5.41, 5.74) is 5.72. The molecule has 6 rings (SSSR count). The van der Waals surface area contributed by atoms with Crippen LogP contribution >= 0.6 is 23.2 Å². The normalized spacial score (nSPS) is 22.2. The van der Waals surface area contributed by atoms with Crippen LogP contribution in [-0.2, 0) is 0 Å². The van der Waals surface area contributed by atoms with E-state index in [1.165, 1.54) is 5.57 Å². The number of allylic oxidation sites excluding steroid dienone is 1. The Morgan fingerprint density at radius 2 is 1.70 bits per heavy atom. The molecule has 0 radical (unpaired) electrons. The molecule has 37 heavy (non-hydrogen) atoms. The molecule has 0 spiro atoms. The van der Waals surface area contributed by atoms with Crippen molar-refractivity contribution in [2.24, 2.45) is 16.9 Å². The zero-order valence-corrected chi connectivity index (χ0v) is 21.8. The van der Waals surface area contributed by atoms with Crippen LogP contribution in [0.4, 0.5) is 0 Å². The Hall–Kier alpha value is -3.47. The first-order valence-corrected chi connectivity index (χ1v) is 13.2. The number of hydrazone groups is 1. The predicted molar refractivity (Wildman–Crippen MR) is 151 cm³/mol. The molecule has 1 saturated carbocycles. The minimum absolute atomic E-state index is 0.0922. The molecule has 1 aromatic heterocycles. The molecular formula is C31H25Cl2N3O. The number of nitrogens with zero attached hydrogens (tertiary/aromatic N) is 3. The largest absolute Gasteiger partial charge is 0.274 e. The Bertz CT molecular complexity index is 1540. The molecule has 2 aliphatic rings. The van der Waals surface area contributed by atoms with Gasteiger partial charge in [0.15, 0.2) is 0 Å². The van der Waals surface area contributed by atoms with E-state index in [9.17, 15) is 4.79 Å². The Balaban J connectivity index is 1.45. The number of halogens is 2. The lowest BCUT2D eigenvalue weighted by molar-refractivity contribution is 0.0676. The summed E-state index contributed by atoms with van der Waals surface area (Å²) < 4.78 is 0. The average molecular weight is 526 g/mol. The molecule has 184 valence electrons. The van der Waals surface area contributed by atoms with Gasteiger partial charge in [0, 0.05) is 33.1 Å². The lowest BCUT2D eigenvalue weighted by atomic mass is 9.73. The van der Waals surface area contributed by atoms with E-state index in [0.717, 1.165) is 40.6 Å². The fraction of sp³-hybridized carbons (Fsp3) is 0.194. The van der Waals surface area contributed by atoms with Gasteiger partial charge in [-0.05, 0) is 90.1 Å². The first kappa shape index (κ1) is 23.9. The van der Waals surface area contributed by atoms with Gasteiger partial charge < -0.3 is 0 Å². The monoisotopic (exact) mass is 525 g/mol. The summed E-state index contributed by atoms with van der Waals surface area (Å²) in [6.07, 6.45) is 5.81. The van der Waals surface area contributed by atoms with Crippen LogP contribution in [0.5, 0.6) is 0 Å². The number of pyridine rings is 1. The molecule has 3 aromatic carbocycles. The highest BCUT2D eigenvalue weighted by Gasteiger charge is 2.45. The Labute approximate surface area is 226 Å². The van der Waals surface area contributed by atoms with Crippen LogP contribution in [0.15, 0.2) is 95.7 Å². The molecule has 2 heterocycles. The molecule has 4 nitrogen and oxygen atoms in total. The minimum Gasteiger partial charge on any atom is -0.267 e. The molecule has 3 atom stereocenters. The molecule has 1 amide bonds. The maximum Gasteiger partial charge on any atom is 0.274 e. The van der Waals surface area contributed by atoms with Gasteiger partial charge in [0.25, 0.3) is 5.91 Å². The molecule has 1 fully saturated rings. The third kappa shape index (κ3) is 4.68. The van der Waals surface area contributed by atoms with Crippen LogP contribution in [0.25, 0.3) is 17.0 Å². The molecule has 6 heteroatoms. The first-order chi connectivity index (χ1) is 18.0. The molecule has 0 unspecified atom stereocenters. The first-order valence-electron chi connectivity index (χ1n) is 12.4. The van der Waals surface area contributed by atoms with Crippen molar-refractivity contribution in [2.45, 2.75) is 25.8 Å². The van der Waals surface area contributed by atoms with Crippen LogP contribution < -0.4 is 0 Å². The van der Waals surface area contributed by atoms with E-state index in [1.807, 2.05) is 78.9 Å². The second-order valence-corrected chi connectivity index (χ2v) is 10.8. The fourth-order valence-electron chi connectivity index (χ4n) is 5.55. The number of carbonyl (C=O) groups excluding carboxylic acids is 1. The van der Waals surface area contributed by atoms with Gasteiger partial charge in [-0.25, -0.2) is 5.01 Å². The third-order valence-electron chi connectivity index (χ3n) is 7.25. The third-order valence-corrected chi connectivity index (χ3v) is 7.75. The van der Waals surface area contributed by atoms with Gasteiger partial charge in [-0.2, -0.15) is 5.10 Å². The van der Waals surface area contributed by atoms with E-state index in [0.29, 0.717) is 21.5 Å². The van der Waals surface area contributed by atoms with Gasteiger partial charge in [0.1, 0.15) is 0 Å². The van der Waals surface area contributed by atoms with Crippen molar-refractivity contribution < 1.29 is 4.79 Å². The Morgan fingerprint density at radius 1 is 0.973 bits per heavy atom. The van der Waals surface area contributed by atoms with Gasteiger partial charge in [-0.3, -0.25) is 9.78 Å². The fourth-order valence-corrected chi connectivity index (χ4v) is 5.80. The van der Waals surface area contributed by atoms with Crippen molar-refractivity contribution in [3.63, 3.8) is 0 Å². The zero-order valence-electron chi connectivity index (χ0n) is 20.3. The van der Waals surface area contributed by atoms with Crippen LogP contribution in [0.1, 0.15) is 47.3 Å². The molecule has 4 aromatic rings. The highest BCUT2D eigenvalue weighted by Crippen LogP contribution is 2.46. The van der Waals surface area contributed by atoms with E-state index in [4.69, 9.17) is 28.3 Å². The number of rotatable bonds is 3. The van der Waals surface area contributed by atoms with Crippen molar-refractivity contribution in [1.82, 2.24) is 9.99 Å². The minimum atomic E-state index is -0.208. The number of hydrogen-bond donors (Lipinski definition) is 0. The summed E-state index contributed by atoms with van der Waals surface area (Å²) in [6, 6.07) is 24.9. The number of benzene rings is 3. The van der Waals surface area contributed by atoms with Crippen molar-refractivity contribution in [2.75, 3.05) is 0 Å². The second-order valence-electron chi connectivity index (χ2n) is 9.91. The van der Waals surface area contributed by atoms with Crippen molar-refractivity contribution in [3.8, 4) is 0 Å². The summed E-state index contributed by atoms with van der Waals surface area (Å²) in [5.74, 6) is 0.430. The average Bonchev–Trinajstić information content (AvgIpc) is 3.29. The lowest BCUT2D eigenvalue weighted by Crippen LogP contribution is -2.33. The summed E-state index contributed by atoms with van der Waals surface area (Å²) >= 11 is 12.3. The summed E-state index contributed by atoms with van der Waals surface area (Å²) in [4.78, 5) is 18.4. The maximum atomic E-state index is 14.0. The molecular weight excluding hydrogens is 501 g/mol. The molecule has 1 aliphatic heterocycles. The van der Waals surface area contributed by atoms with Crippen molar-refractivity contribution in [1.29, 1.82) is 0 Å². The van der Waals surface area contributed by atoms with E-state index < -0.39 is 0 Å². The summed E-state index contributed by atoms with van der Waals surface area (Å²) in [5, 5.41) is 9.03. The van der Waals surface area contributed by atoms with Gasteiger partial charge in [-0.1, -0.05) is 60.5 Å². The Kier molecular flexibility index (Phi) is 6.31. The van der Waals surface area contributed by atoms with E-state index >= 15 is 0 Å². The van der Waals surface area contributed by atoms with E-state index in [2.05, 4.69) is 18.0 Å². The van der Waals surface area contributed by atoms with E-state index in [-0.39, 0.29) is 17.9 Å². The molecule has 0 N–H and O–H groups in total. The van der Waals surface area contributed by atoms with Crippen LogP contribution in [-0.4, -0.2) is 21.6 Å². The number of amides is 1. The van der Waals surface area contributed by atoms with Crippen LogP contribution in [0, 0.1) is 11.8 Å². The number of fused-ring (bicyclic) bond motifs is 2. The Morgan fingerprint density at radius 3 is 2.46 bits per heavy atom. The number of carbonyl (C=O) groups is 1.